The molecule has 0 fully saturated rings. The van der Waals surface area contributed by atoms with Gasteiger partial charge in [-0.3, -0.25) is 14.4 Å². The van der Waals surface area contributed by atoms with E-state index in [9.17, 15) is 14.4 Å². The SMILES string of the molecule is O=C1CCc2ccc(N3C(=O)c4cccc(COCCl)c4C3=O)cc2N1. The number of imide groups is 1. The number of halogens is 1. The van der Waals surface area contributed by atoms with Crippen LogP contribution in [0.3, 0.4) is 0 Å². The summed E-state index contributed by atoms with van der Waals surface area (Å²) in [5, 5.41) is 2.79. The number of aryl methyl sites for hydroxylation is 1. The average Bonchev–Trinajstić information content (AvgIpc) is 2.90. The third-order valence-corrected chi connectivity index (χ3v) is 4.74. The minimum atomic E-state index is -0.402. The summed E-state index contributed by atoms with van der Waals surface area (Å²) in [5.41, 5.74) is 3.36. The molecular weight excluding hydrogens is 356 g/mol. The van der Waals surface area contributed by atoms with Crippen molar-refractivity contribution in [3.63, 3.8) is 0 Å². The number of benzene rings is 2. The number of hydrogen-bond donors (Lipinski definition) is 1. The van der Waals surface area contributed by atoms with E-state index in [1.807, 2.05) is 6.07 Å². The van der Waals surface area contributed by atoms with Crippen LogP contribution < -0.4 is 10.2 Å². The van der Waals surface area contributed by atoms with Crippen molar-refractivity contribution in [2.24, 2.45) is 0 Å². The fourth-order valence-corrected chi connectivity index (χ4v) is 3.43. The summed E-state index contributed by atoms with van der Waals surface area (Å²) < 4.78 is 5.19. The Morgan fingerprint density at radius 2 is 1.92 bits per heavy atom. The number of nitrogens with one attached hydrogen (secondary N) is 1. The van der Waals surface area contributed by atoms with Crippen molar-refractivity contribution in [1.82, 2.24) is 0 Å². The molecule has 0 saturated heterocycles. The van der Waals surface area contributed by atoms with Gasteiger partial charge in [0.05, 0.1) is 23.4 Å². The quantitative estimate of drug-likeness (QED) is 0.663. The van der Waals surface area contributed by atoms with Gasteiger partial charge in [0.15, 0.2) is 0 Å². The molecule has 2 heterocycles. The number of carbonyl (C=O) groups excluding carboxylic acids is 3. The largest absolute Gasteiger partial charge is 0.361 e. The van der Waals surface area contributed by atoms with Crippen molar-refractivity contribution in [2.75, 3.05) is 16.3 Å². The Hall–Kier alpha value is -2.70. The third kappa shape index (κ3) is 2.67. The summed E-state index contributed by atoms with van der Waals surface area (Å²) in [6.45, 7) is 0.153. The summed E-state index contributed by atoms with van der Waals surface area (Å²) in [6, 6.07) is 10.3. The van der Waals surface area contributed by atoms with Crippen LogP contribution in [0.5, 0.6) is 0 Å². The highest BCUT2D eigenvalue weighted by Crippen LogP contribution is 2.34. The molecule has 2 aromatic rings. The summed E-state index contributed by atoms with van der Waals surface area (Å²) in [4.78, 5) is 38.5. The number of anilines is 2. The number of hydrogen-bond acceptors (Lipinski definition) is 4. The molecule has 2 aliphatic rings. The second kappa shape index (κ2) is 6.55. The monoisotopic (exact) mass is 370 g/mol. The first-order chi connectivity index (χ1) is 12.6. The fourth-order valence-electron chi connectivity index (χ4n) is 3.36. The minimum Gasteiger partial charge on any atom is -0.361 e. The number of carbonyl (C=O) groups is 3. The fraction of sp³-hybridized carbons (Fsp3) is 0.211. The molecule has 0 aliphatic carbocycles. The second-order valence-corrected chi connectivity index (χ2v) is 6.35. The number of rotatable bonds is 4. The van der Waals surface area contributed by atoms with Crippen molar-refractivity contribution >= 4 is 40.7 Å². The third-order valence-electron chi connectivity index (χ3n) is 4.58. The zero-order valence-electron chi connectivity index (χ0n) is 13.8. The van der Waals surface area contributed by atoms with Gasteiger partial charge < -0.3 is 10.1 Å². The predicted octanol–water partition coefficient (Wildman–Crippen LogP) is 3.08. The summed E-state index contributed by atoms with van der Waals surface area (Å²) in [5.74, 6) is -0.863. The Kier molecular flexibility index (Phi) is 4.22. The zero-order chi connectivity index (χ0) is 18.3. The lowest BCUT2D eigenvalue weighted by Crippen LogP contribution is -2.30. The number of alkyl halides is 1. The van der Waals surface area contributed by atoms with E-state index >= 15 is 0 Å². The molecule has 7 heteroatoms. The smallest absolute Gasteiger partial charge is 0.266 e. The van der Waals surface area contributed by atoms with E-state index in [-0.39, 0.29) is 24.5 Å². The molecule has 0 radical (unpaired) electrons. The minimum absolute atomic E-state index is 0.0000386. The van der Waals surface area contributed by atoms with Gasteiger partial charge in [-0.05, 0) is 35.7 Å². The maximum Gasteiger partial charge on any atom is 0.266 e. The molecule has 0 aromatic heterocycles. The number of ether oxygens (including phenoxy) is 1. The average molecular weight is 371 g/mol. The van der Waals surface area contributed by atoms with Crippen LogP contribution in [0.25, 0.3) is 0 Å². The molecule has 3 amide bonds. The number of nitrogens with zero attached hydrogens (tertiary/aromatic N) is 1. The standard InChI is InChI=1S/C19H15ClN2O4/c20-10-26-9-12-2-1-3-14-17(12)19(25)22(18(14)24)13-6-4-11-5-7-16(23)21-15(11)8-13/h1-4,6,8H,5,7,9-10H2,(H,21,23). The topological polar surface area (TPSA) is 75.7 Å². The molecule has 0 spiro atoms. The lowest BCUT2D eigenvalue weighted by Gasteiger charge is -2.20. The van der Waals surface area contributed by atoms with Crippen molar-refractivity contribution < 1.29 is 19.1 Å². The van der Waals surface area contributed by atoms with Crippen LogP contribution in [-0.2, 0) is 22.6 Å². The van der Waals surface area contributed by atoms with E-state index in [0.29, 0.717) is 40.9 Å². The first kappa shape index (κ1) is 16.8. The lowest BCUT2D eigenvalue weighted by atomic mass is 10.0. The molecule has 26 heavy (non-hydrogen) atoms. The highest BCUT2D eigenvalue weighted by molar-refractivity contribution is 6.35. The first-order valence-electron chi connectivity index (χ1n) is 8.17. The molecule has 132 valence electrons. The van der Waals surface area contributed by atoms with E-state index in [2.05, 4.69) is 5.32 Å². The molecule has 0 atom stereocenters. The number of fused-ring (bicyclic) bond motifs is 2. The normalized spacial score (nSPS) is 15.7. The first-order valence-corrected chi connectivity index (χ1v) is 8.71. The van der Waals surface area contributed by atoms with Crippen LogP contribution in [0.4, 0.5) is 11.4 Å². The number of amides is 3. The van der Waals surface area contributed by atoms with Crippen LogP contribution in [0.1, 0.15) is 38.3 Å². The van der Waals surface area contributed by atoms with Crippen LogP contribution in [-0.4, -0.2) is 23.8 Å². The highest BCUT2D eigenvalue weighted by atomic mass is 35.5. The summed E-state index contributed by atoms with van der Waals surface area (Å²) in [6.07, 6.45) is 1.08. The Labute approximate surface area is 154 Å². The van der Waals surface area contributed by atoms with Gasteiger partial charge in [0.2, 0.25) is 5.91 Å². The van der Waals surface area contributed by atoms with E-state index in [1.165, 1.54) is 0 Å². The molecule has 6 nitrogen and oxygen atoms in total. The highest BCUT2D eigenvalue weighted by Gasteiger charge is 2.38. The van der Waals surface area contributed by atoms with Crippen LogP contribution in [0.2, 0.25) is 0 Å². The van der Waals surface area contributed by atoms with Gasteiger partial charge in [-0.15, -0.1) is 0 Å². The van der Waals surface area contributed by atoms with Crippen LogP contribution >= 0.6 is 11.6 Å². The van der Waals surface area contributed by atoms with Gasteiger partial charge in [-0.2, -0.15) is 0 Å². The van der Waals surface area contributed by atoms with Crippen molar-refractivity contribution in [3.8, 4) is 0 Å². The van der Waals surface area contributed by atoms with E-state index in [4.69, 9.17) is 16.3 Å². The zero-order valence-corrected chi connectivity index (χ0v) is 14.5. The molecule has 0 bridgehead atoms. The van der Waals surface area contributed by atoms with Crippen molar-refractivity contribution in [3.05, 3.63) is 58.7 Å². The second-order valence-electron chi connectivity index (χ2n) is 6.13. The van der Waals surface area contributed by atoms with Gasteiger partial charge in [0.25, 0.3) is 11.8 Å². The summed E-state index contributed by atoms with van der Waals surface area (Å²) in [7, 11) is 0. The Morgan fingerprint density at radius 1 is 1.08 bits per heavy atom. The predicted molar refractivity (Wildman–Crippen MR) is 96.5 cm³/mol. The van der Waals surface area contributed by atoms with Gasteiger partial charge in [0, 0.05) is 12.1 Å². The van der Waals surface area contributed by atoms with Crippen molar-refractivity contribution in [1.29, 1.82) is 0 Å². The molecular formula is C19H15ClN2O4. The summed E-state index contributed by atoms with van der Waals surface area (Å²) >= 11 is 5.55. The Morgan fingerprint density at radius 3 is 2.73 bits per heavy atom. The van der Waals surface area contributed by atoms with Gasteiger partial charge in [0.1, 0.15) is 6.07 Å². The Balaban J connectivity index is 1.73. The molecule has 2 aromatic carbocycles. The van der Waals surface area contributed by atoms with E-state index in [0.717, 1.165) is 10.5 Å². The van der Waals surface area contributed by atoms with E-state index < -0.39 is 5.91 Å². The van der Waals surface area contributed by atoms with E-state index in [1.54, 1.807) is 30.3 Å². The molecule has 1 N–H and O–H groups in total. The molecule has 4 rings (SSSR count). The lowest BCUT2D eigenvalue weighted by molar-refractivity contribution is -0.116. The Bertz CT molecular complexity index is 941. The molecule has 2 aliphatic heterocycles. The maximum atomic E-state index is 13.0. The van der Waals surface area contributed by atoms with Gasteiger partial charge >= 0.3 is 0 Å². The molecule has 0 unspecified atom stereocenters. The van der Waals surface area contributed by atoms with Crippen molar-refractivity contribution in [2.45, 2.75) is 19.4 Å². The van der Waals surface area contributed by atoms with Gasteiger partial charge in [-0.1, -0.05) is 29.8 Å². The molecule has 0 saturated carbocycles. The van der Waals surface area contributed by atoms with Crippen LogP contribution in [0, 0.1) is 0 Å². The van der Waals surface area contributed by atoms with Crippen LogP contribution in [0.15, 0.2) is 36.4 Å². The maximum absolute atomic E-state index is 13.0. The van der Waals surface area contributed by atoms with Gasteiger partial charge in [-0.25, -0.2) is 4.90 Å².